The smallest absolute Gasteiger partial charge is 0.255 e. The fourth-order valence-electron chi connectivity index (χ4n) is 3.69. The molecule has 30 heavy (non-hydrogen) atoms. The molecule has 0 unspecified atom stereocenters. The SMILES string of the molecule is Cc1ccc(C(=O)N2CCC[C@@H](c3cc(N(C)C)nc(-c4cccnc4)n3)C2)cn1. The summed E-state index contributed by atoms with van der Waals surface area (Å²) in [5.41, 5.74) is 3.39. The summed E-state index contributed by atoms with van der Waals surface area (Å²) in [6, 6.07) is 9.61. The third-order valence-electron chi connectivity index (χ3n) is 5.40. The zero-order chi connectivity index (χ0) is 21.1. The van der Waals surface area contributed by atoms with Crippen LogP contribution >= 0.6 is 0 Å². The summed E-state index contributed by atoms with van der Waals surface area (Å²) in [4.78, 5) is 34.9. The number of rotatable bonds is 4. The number of aromatic nitrogens is 4. The van der Waals surface area contributed by atoms with E-state index in [1.807, 2.05) is 61.2 Å². The van der Waals surface area contributed by atoms with Gasteiger partial charge in [0.25, 0.3) is 5.91 Å². The molecule has 1 saturated heterocycles. The van der Waals surface area contributed by atoms with E-state index in [1.165, 1.54) is 0 Å². The van der Waals surface area contributed by atoms with Gasteiger partial charge in [-0.05, 0) is 44.0 Å². The van der Waals surface area contributed by atoms with Crippen molar-refractivity contribution in [2.45, 2.75) is 25.7 Å². The van der Waals surface area contributed by atoms with Gasteiger partial charge in [-0.2, -0.15) is 0 Å². The average molecular weight is 403 g/mol. The van der Waals surface area contributed by atoms with Crippen molar-refractivity contribution in [2.24, 2.45) is 0 Å². The molecule has 1 atom stereocenters. The van der Waals surface area contributed by atoms with Gasteiger partial charge in [0.2, 0.25) is 0 Å². The molecule has 0 spiro atoms. The lowest BCUT2D eigenvalue weighted by molar-refractivity contribution is 0.0705. The van der Waals surface area contributed by atoms with Crippen LogP contribution in [0.15, 0.2) is 48.9 Å². The maximum absolute atomic E-state index is 13.0. The van der Waals surface area contributed by atoms with Gasteiger partial charge in [-0.15, -0.1) is 0 Å². The van der Waals surface area contributed by atoms with Gasteiger partial charge in [0, 0.05) is 69.0 Å². The van der Waals surface area contributed by atoms with Gasteiger partial charge < -0.3 is 9.80 Å². The van der Waals surface area contributed by atoms with Gasteiger partial charge >= 0.3 is 0 Å². The maximum Gasteiger partial charge on any atom is 0.255 e. The topological polar surface area (TPSA) is 75.1 Å². The fourth-order valence-corrected chi connectivity index (χ4v) is 3.69. The molecule has 0 aliphatic carbocycles. The second-order valence-corrected chi connectivity index (χ2v) is 7.89. The lowest BCUT2D eigenvalue weighted by Gasteiger charge is -2.33. The zero-order valence-electron chi connectivity index (χ0n) is 17.6. The first kappa shape index (κ1) is 19.9. The minimum Gasteiger partial charge on any atom is -0.363 e. The number of piperidine rings is 1. The number of aryl methyl sites for hydroxylation is 1. The van der Waals surface area contributed by atoms with Crippen LogP contribution in [0.3, 0.4) is 0 Å². The van der Waals surface area contributed by atoms with Crippen molar-refractivity contribution in [1.82, 2.24) is 24.8 Å². The Morgan fingerprint density at radius 1 is 1.17 bits per heavy atom. The van der Waals surface area contributed by atoms with E-state index in [-0.39, 0.29) is 11.8 Å². The van der Waals surface area contributed by atoms with Gasteiger partial charge in [-0.3, -0.25) is 14.8 Å². The van der Waals surface area contributed by atoms with Crippen molar-refractivity contribution in [1.29, 1.82) is 0 Å². The van der Waals surface area contributed by atoms with E-state index >= 15 is 0 Å². The number of amides is 1. The Kier molecular flexibility index (Phi) is 5.70. The Balaban J connectivity index is 1.62. The Morgan fingerprint density at radius 2 is 2.03 bits per heavy atom. The van der Waals surface area contributed by atoms with Gasteiger partial charge in [0.15, 0.2) is 5.82 Å². The van der Waals surface area contributed by atoms with Gasteiger partial charge in [-0.25, -0.2) is 9.97 Å². The van der Waals surface area contributed by atoms with Crippen molar-refractivity contribution in [2.75, 3.05) is 32.1 Å². The molecule has 1 aliphatic rings. The number of anilines is 1. The summed E-state index contributed by atoms with van der Waals surface area (Å²) in [6.45, 7) is 3.32. The third-order valence-corrected chi connectivity index (χ3v) is 5.40. The number of carbonyl (C=O) groups excluding carboxylic acids is 1. The van der Waals surface area contributed by atoms with Crippen LogP contribution in [0, 0.1) is 6.92 Å². The van der Waals surface area contributed by atoms with Crippen LogP contribution in [0.25, 0.3) is 11.4 Å². The molecular formula is C23H26N6O. The molecule has 0 aromatic carbocycles. The Hall–Kier alpha value is -3.35. The molecule has 0 N–H and O–H groups in total. The van der Waals surface area contributed by atoms with E-state index in [0.717, 1.165) is 42.2 Å². The molecule has 4 rings (SSSR count). The van der Waals surface area contributed by atoms with Crippen LogP contribution in [0.2, 0.25) is 0 Å². The van der Waals surface area contributed by atoms with E-state index in [9.17, 15) is 4.79 Å². The molecule has 154 valence electrons. The molecule has 0 bridgehead atoms. The lowest BCUT2D eigenvalue weighted by atomic mass is 9.93. The summed E-state index contributed by atoms with van der Waals surface area (Å²) in [5.74, 6) is 1.71. The molecule has 1 fully saturated rings. The number of pyridine rings is 2. The van der Waals surface area contributed by atoms with Crippen LogP contribution in [0.5, 0.6) is 0 Å². The Bertz CT molecular complexity index is 1020. The number of likely N-dealkylation sites (tertiary alicyclic amines) is 1. The second kappa shape index (κ2) is 8.57. The largest absolute Gasteiger partial charge is 0.363 e. The molecule has 7 nitrogen and oxygen atoms in total. The predicted molar refractivity (Wildman–Crippen MR) is 116 cm³/mol. The highest BCUT2D eigenvalue weighted by Crippen LogP contribution is 2.30. The highest BCUT2D eigenvalue weighted by atomic mass is 16.2. The molecule has 7 heteroatoms. The zero-order valence-corrected chi connectivity index (χ0v) is 17.6. The van der Waals surface area contributed by atoms with E-state index in [1.54, 1.807) is 18.6 Å². The normalized spacial score (nSPS) is 16.4. The molecule has 3 aromatic heterocycles. The number of carbonyl (C=O) groups is 1. The van der Waals surface area contributed by atoms with Crippen LogP contribution in [-0.2, 0) is 0 Å². The molecular weight excluding hydrogens is 376 g/mol. The van der Waals surface area contributed by atoms with E-state index in [4.69, 9.17) is 9.97 Å². The van der Waals surface area contributed by atoms with Gasteiger partial charge in [0.05, 0.1) is 11.3 Å². The number of hydrogen-bond donors (Lipinski definition) is 0. The van der Waals surface area contributed by atoms with Crippen molar-refractivity contribution < 1.29 is 4.79 Å². The van der Waals surface area contributed by atoms with Crippen molar-refractivity contribution in [3.8, 4) is 11.4 Å². The second-order valence-electron chi connectivity index (χ2n) is 7.89. The molecule has 3 aromatic rings. The molecule has 1 aliphatic heterocycles. The van der Waals surface area contributed by atoms with Crippen LogP contribution in [0.4, 0.5) is 5.82 Å². The predicted octanol–water partition coefficient (Wildman–Crippen LogP) is 3.33. The van der Waals surface area contributed by atoms with Crippen molar-refractivity contribution in [3.05, 3.63) is 65.9 Å². The summed E-state index contributed by atoms with van der Waals surface area (Å²) >= 11 is 0. The van der Waals surface area contributed by atoms with Crippen molar-refractivity contribution in [3.63, 3.8) is 0 Å². The Labute approximate surface area is 176 Å². The van der Waals surface area contributed by atoms with Gasteiger partial charge in [0.1, 0.15) is 5.82 Å². The third kappa shape index (κ3) is 4.30. The molecule has 0 radical (unpaired) electrons. The number of nitrogens with zero attached hydrogens (tertiary/aromatic N) is 6. The summed E-state index contributed by atoms with van der Waals surface area (Å²) in [5, 5.41) is 0. The van der Waals surface area contributed by atoms with E-state index < -0.39 is 0 Å². The summed E-state index contributed by atoms with van der Waals surface area (Å²) < 4.78 is 0. The van der Waals surface area contributed by atoms with Crippen molar-refractivity contribution >= 4 is 11.7 Å². The maximum atomic E-state index is 13.0. The van der Waals surface area contributed by atoms with Gasteiger partial charge in [-0.1, -0.05) is 0 Å². The van der Waals surface area contributed by atoms with Crippen LogP contribution in [-0.4, -0.2) is 57.9 Å². The van der Waals surface area contributed by atoms with Crippen LogP contribution in [0.1, 0.15) is 40.5 Å². The van der Waals surface area contributed by atoms with E-state index in [0.29, 0.717) is 17.9 Å². The van der Waals surface area contributed by atoms with Crippen LogP contribution < -0.4 is 4.90 Å². The Morgan fingerprint density at radius 3 is 2.73 bits per heavy atom. The lowest BCUT2D eigenvalue weighted by Crippen LogP contribution is -2.39. The first-order valence-electron chi connectivity index (χ1n) is 10.2. The number of hydrogen-bond acceptors (Lipinski definition) is 6. The first-order valence-corrected chi connectivity index (χ1v) is 10.2. The minimum atomic E-state index is 0.0292. The monoisotopic (exact) mass is 402 g/mol. The average Bonchev–Trinajstić information content (AvgIpc) is 2.79. The highest BCUT2D eigenvalue weighted by molar-refractivity contribution is 5.94. The minimum absolute atomic E-state index is 0.0292. The summed E-state index contributed by atoms with van der Waals surface area (Å²) in [6.07, 6.45) is 7.12. The standard InChI is InChI=1S/C23H26N6O/c1-16-8-9-18(14-25-16)23(30)29-11-5-7-19(15-29)20-12-21(28(2)3)27-22(26-20)17-6-4-10-24-13-17/h4,6,8-10,12-14,19H,5,7,11,15H2,1-3H3/t19-/m1/s1. The summed E-state index contributed by atoms with van der Waals surface area (Å²) in [7, 11) is 3.94. The highest BCUT2D eigenvalue weighted by Gasteiger charge is 2.27. The molecule has 1 amide bonds. The quantitative estimate of drug-likeness (QED) is 0.666. The van der Waals surface area contributed by atoms with E-state index in [2.05, 4.69) is 9.97 Å². The molecule has 4 heterocycles. The fraction of sp³-hybridized carbons (Fsp3) is 0.348. The first-order chi connectivity index (χ1) is 14.5. The molecule has 0 saturated carbocycles.